The maximum absolute atomic E-state index is 5.00. The molecule has 0 amide bonds. The van der Waals surface area contributed by atoms with Gasteiger partial charge in [0.2, 0.25) is 0 Å². The van der Waals surface area contributed by atoms with Gasteiger partial charge in [-0.2, -0.15) is 0 Å². The van der Waals surface area contributed by atoms with Crippen LogP contribution in [-0.2, 0) is 0 Å². The van der Waals surface area contributed by atoms with Gasteiger partial charge in [-0.05, 0) is 44.1 Å². The van der Waals surface area contributed by atoms with Gasteiger partial charge in [-0.25, -0.2) is 4.98 Å². The van der Waals surface area contributed by atoms with Crippen LogP contribution < -0.4 is 0 Å². The number of benzene rings is 1. The van der Waals surface area contributed by atoms with Crippen LogP contribution in [0, 0.1) is 12.3 Å². The van der Waals surface area contributed by atoms with E-state index in [1.54, 1.807) is 0 Å². The van der Waals surface area contributed by atoms with Crippen molar-refractivity contribution in [1.82, 2.24) is 4.98 Å². The predicted molar refractivity (Wildman–Crippen MR) is 95.0 cm³/mol. The van der Waals surface area contributed by atoms with Gasteiger partial charge in [0.25, 0.3) is 0 Å². The SMILES string of the molecule is Cc1sc(C2CCC(C)(C)CC2)nc1-c1ccccc1Br. The maximum atomic E-state index is 5.00. The first-order valence-electron chi connectivity index (χ1n) is 7.68. The predicted octanol–water partition coefficient (Wildman–Crippen LogP) is 6.56. The third-order valence-electron chi connectivity index (χ3n) is 4.63. The zero-order valence-corrected chi connectivity index (χ0v) is 15.4. The number of halogens is 1. The van der Waals surface area contributed by atoms with Crippen LogP contribution >= 0.6 is 27.3 Å². The van der Waals surface area contributed by atoms with Gasteiger partial charge < -0.3 is 0 Å². The first-order chi connectivity index (χ1) is 9.96. The number of rotatable bonds is 2. The molecule has 21 heavy (non-hydrogen) atoms. The van der Waals surface area contributed by atoms with Crippen LogP contribution in [0.15, 0.2) is 28.7 Å². The van der Waals surface area contributed by atoms with Crippen molar-refractivity contribution in [2.75, 3.05) is 0 Å². The summed E-state index contributed by atoms with van der Waals surface area (Å²) < 4.78 is 1.13. The lowest BCUT2D eigenvalue weighted by Gasteiger charge is -2.33. The Morgan fingerprint density at radius 1 is 1.19 bits per heavy atom. The molecule has 0 unspecified atom stereocenters. The highest BCUT2D eigenvalue weighted by Gasteiger charge is 2.29. The molecular formula is C18H22BrNS. The number of nitrogens with zero attached hydrogens (tertiary/aromatic N) is 1. The molecule has 1 aliphatic carbocycles. The first kappa shape index (κ1) is 15.2. The fourth-order valence-corrected chi connectivity index (χ4v) is 4.72. The lowest BCUT2D eigenvalue weighted by molar-refractivity contribution is 0.224. The van der Waals surface area contributed by atoms with Crippen molar-refractivity contribution in [3.63, 3.8) is 0 Å². The lowest BCUT2D eigenvalue weighted by Crippen LogP contribution is -2.20. The molecule has 1 aromatic carbocycles. The van der Waals surface area contributed by atoms with Crippen molar-refractivity contribution < 1.29 is 0 Å². The molecule has 1 aliphatic rings. The Bertz CT molecular complexity index is 634. The van der Waals surface area contributed by atoms with Gasteiger partial charge in [-0.15, -0.1) is 11.3 Å². The Kier molecular flexibility index (Phi) is 4.24. The highest BCUT2D eigenvalue weighted by Crippen LogP contribution is 2.44. The minimum atomic E-state index is 0.522. The molecule has 0 aliphatic heterocycles. The average Bonchev–Trinajstić information content (AvgIpc) is 2.81. The molecule has 0 bridgehead atoms. The van der Waals surface area contributed by atoms with E-state index in [9.17, 15) is 0 Å². The molecule has 0 spiro atoms. The molecule has 3 heteroatoms. The third kappa shape index (κ3) is 3.24. The maximum Gasteiger partial charge on any atom is 0.0966 e. The fraction of sp³-hybridized carbons (Fsp3) is 0.500. The van der Waals surface area contributed by atoms with E-state index >= 15 is 0 Å². The van der Waals surface area contributed by atoms with Crippen molar-refractivity contribution in [3.05, 3.63) is 38.6 Å². The van der Waals surface area contributed by atoms with Crippen LogP contribution in [0.3, 0.4) is 0 Å². The molecule has 112 valence electrons. The summed E-state index contributed by atoms with van der Waals surface area (Å²) in [4.78, 5) is 6.34. The van der Waals surface area contributed by atoms with Crippen molar-refractivity contribution in [3.8, 4) is 11.3 Å². The fourth-order valence-electron chi connectivity index (χ4n) is 3.14. The number of hydrogen-bond acceptors (Lipinski definition) is 2. The smallest absolute Gasteiger partial charge is 0.0966 e. The highest BCUT2D eigenvalue weighted by atomic mass is 79.9. The van der Waals surface area contributed by atoms with E-state index in [1.165, 1.54) is 41.1 Å². The van der Waals surface area contributed by atoms with Crippen LogP contribution in [0.25, 0.3) is 11.3 Å². The quantitative estimate of drug-likeness (QED) is 0.588. The summed E-state index contributed by atoms with van der Waals surface area (Å²) in [7, 11) is 0. The summed E-state index contributed by atoms with van der Waals surface area (Å²) in [6.45, 7) is 6.98. The second-order valence-electron chi connectivity index (χ2n) is 6.88. The van der Waals surface area contributed by atoms with Crippen LogP contribution in [0.1, 0.15) is 55.3 Å². The number of thiazole rings is 1. The topological polar surface area (TPSA) is 12.9 Å². The molecule has 3 rings (SSSR count). The largest absolute Gasteiger partial charge is 0.241 e. The molecule has 1 fully saturated rings. The van der Waals surface area contributed by atoms with E-state index in [1.807, 2.05) is 11.3 Å². The third-order valence-corrected chi connectivity index (χ3v) is 6.46. The second kappa shape index (κ2) is 5.85. The number of aromatic nitrogens is 1. The number of aryl methyl sites for hydroxylation is 1. The Hall–Kier alpha value is -0.670. The molecule has 1 heterocycles. The van der Waals surface area contributed by atoms with Gasteiger partial charge in [0.1, 0.15) is 0 Å². The van der Waals surface area contributed by atoms with Gasteiger partial charge in [0.15, 0.2) is 0 Å². The minimum Gasteiger partial charge on any atom is -0.241 e. The standard InChI is InChI=1S/C18H22BrNS/c1-12-16(14-6-4-5-7-15(14)19)20-17(21-12)13-8-10-18(2,3)11-9-13/h4-7,13H,8-11H2,1-3H3. The Balaban J connectivity index is 1.87. The molecule has 1 nitrogen and oxygen atoms in total. The van der Waals surface area contributed by atoms with Gasteiger partial charge in [0, 0.05) is 20.8 Å². The first-order valence-corrected chi connectivity index (χ1v) is 9.29. The van der Waals surface area contributed by atoms with E-state index in [-0.39, 0.29) is 0 Å². The summed E-state index contributed by atoms with van der Waals surface area (Å²) in [5.74, 6) is 0.665. The summed E-state index contributed by atoms with van der Waals surface area (Å²) in [5.41, 5.74) is 2.90. The van der Waals surface area contributed by atoms with Crippen molar-refractivity contribution in [1.29, 1.82) is 0 Å². The molecule has 2 aromatic rings. The van der Waals surface area contributed by atoms with Crippen LogP contribution in [0.5, 0.6) is 0 Å². The highest BCUT2D eigenvalue weighted by molar-refractivity contribution is 9.10. The van der Waals surface area contributed by atoms with Gasteiger partial charge in [-0.3, -0.25) is 0 Å². The van der Waals surface area contributed by atoms with Gasteiger partial charge in [0.05, 0.1) is 10.7 Å². The summed E-state index contributed by atoms with van der Waals surface area (Å²) in [5, 5.41) is 1.34. The van der Waals surface area contributed by atoms with Gasteiger partial charge >= 0.3 is 0 Å². The monoisotopic (exact) mass is 363 g/mol. The number of hydrogen-bond donors (Lipinski definition) is 0. The lowest BCUT2D eigenvalue weighted by atomic mass is 9.73. The van der Waals surface area contributed by atoms with Crippen molar-refractivity contribution in [2.24, 2.45) is 5.41 Å². The molecule has 0 saturated heterocycles. The van der Waals surface area contributed by atoms with E-state index in [0.717, 1.165) is 10.2 Å². The van der Waals surface area contributed by atoms with E-state index in [2.05, 4.69) is 61.0 Å². The zero-order chi connectivity index (χ0) is 15.0. The zero-order valence-electron chi connectivity index (χ0n) is 12.9. The minimum absolute atomic E-state index is 0.522. The average molecular weight is 364 g/mol. The summed E-state index contributed by atoms with van der Waals surface area (Å²) in [6, 6.07) is 8.39. The molecule has 0 atom stereocenters. The molecule has 0 radical (unpaired) electrons. The normalized spacial score (nSPS) is 18.9. The van der Waals surface area contributed by atoms with Gasteiger partial charge in [-0.1, -0.05) is 48.0 Å². The Morgan fingerprint density at radius 2 is 1.86 bits per heavy atom. The molecule has 1 saturated carbocycles. The van der Waals surface area contributed by atoms with Crippen molar-refractivity contribution in [2.45, 2.75) is 52.4 Å². The van der Waals surface area contributed by atoms with Crippen LogP contribution in [-0.4, -0.2) is 4.98 Å². The van der Waals surface area contributed by atoms with Crippen molar-refractivity contribution >= 4 is 27.3 Å². The van der Waals surface area contributed by atoms with Crippen LogP contribution in [0.4, 0.5) is 0 Å². The van der Waals surface area contributed by atoms with E-state index in [4.69, 9.17) is 4.98 Å². The summed E-state index contributed by atoms with van der Waals surface area (Å²) in [6.07, 6.45) is 5.21. The molecular weight excluding hydrogens is 342 g/mol. The van der Waals surface area contributed by atoms with Crippen LogP contribution in [0.2, 0.25) is 0 Å². The summed E-state index contributed by atoms with van der Waals surface area (Å²) >= 11 is 5.54. The Labute approximate surface area is 139 Å². The van der Waals surface area contributed by atoms with E-state index in [0.29, 0.717) is 11.3 Å². The second-order valence-corrected chi connectivity index (χ2v) is 8.96. The molecule has 0 N–H and O–H groups in total. The van der Waals surface area contributed by atoms with E-state index < -0.39 is 0 Å². The Morgan fingerprint density at radius 3 is 2.52 bits per heavy atom. The molecule has 1 aromatic heterocycles.